The average Bonchev–Trinajstić information content (AvgIpc) is 2.37. The monoisotopic (exact) mass is 284 g/mol. The molecule has 0 unspecified atom stereocenters. The Morgan fingerprint density at radius 1 is 1.05 bits per heavy atom. The van der Waals surface area contributed by atoms with Gasteiger partial charge in [-0.1, -0.05) is 24.3 Å². The van der Waals surface area contributed by atoms with Gasteiger partial charge in [0.2, 0.25) is 0 Å². The van der Waals surface area contributed by atoms with Gasteiger partial charge in [0.1, 0.15) is 5.82 Å². The maximum atomic E-state index is 13.6. The Hall–Kier alpha value is -2.37. The fourth-order valence-electron chi connectivity index (χ4n) is 1.83. The molecular weight excluding hydrogens is 276 g/mol. The largest absolute Gasteiger partial charge is 0.478 e. The third kappa shape index (κ3) is 2.64. The van der Waals surface area contributed by atoms with Gasteiger partial charge in [-0.25, -0.2) is 9.18 Å². The molecule has 0 spiro atoms. The van der Waals surface area contributed by atoms with Gasteiger partial charge in [-0.2, -0.15) is 13.2 Å². The predicted molar refractivity (Wildman–Crippen MR) is 63.8 cm³/mol. The van der Waals surface area contributed by atoms with E-state index >= 15 is 0 Å². The van der Waals surface area contributed by atoms with Gasteiger partial charge >= 0.3 is 12.1 Å². The number of rotatable bonds is 2. The van der Waals surface area contributed by atoms with E-state index in [0.29, 0.717) is 6.07 Å². The molecular formula is C14H8F4O2. The van der Waals surface area contributed by atoms with Gasteiger partial charge in [0.25, 0.3) is 0 Å². The van der Waals surface area contributed by atoms with E-state index in [0.717, 1.165) is 18.2 Å². The normalized spacial score (nSPS) is 11.4. The Kier molecular flexibility index (Phi) is 3.48. The molecule has 0 radical (unpaired) electrons. The first-order valence-corrected chi connectivity index (χ1v) is 5.50. The number of alkyl halides is 3. The van der Waals surface area contributed by atoms with Crippen molar-refractivity contribution in [2.45, 2.75) is 6.18 Å². The summed E-state index contributed by atoms with van der Waals surface area (Å²) in [4.78, 5) is 10.9. The third-order valence-electron chi connectivity index (χ3n) is 2.74. The summed E-state index contributed by atoms with van der Waals surface area (Å²) in [5.41, 5.74) is -2.04. The first-order chi connectivity index (χ1) is 9.30. The zero-order chi connectivity index (χ0) is 14.9. The van der Waals surface area contributed by atoms with Crippen molar-refractivity contribution < 1.29 is 27.5 Å². The number of aromatic carboxylic acids is 1. The number of hydrogen-bond donors (Lipinski definition) is 1. The third-order valence-corrected chi connectivity index (χ3v) is 2.74. The maximum Gasteiger partial charge on any atom is 0.417 e. The second-order valence-corrected chi connectivity index (χ2v) is 4.04. The van der Waals surface area contributed by atoms with E-state index < -0.39 is 29.1 Å². The van der Waals surface area contributed by atoms with Crippen molar-refractivity contribution in [2.75, 3.05) is 0 Å². The summed E-state index contributed by atoms with van der Waals surface area (Å²) < 4.78 is 51.6. The fraction of sp³-hybridized carbons (Fsp3) is 0.0714. The van der Waals surface area contributed by atoms with E-state index in [4.69, 9.17) is 5.11 Å². The van der Waals surface area contributed by atoms with Crippen LogP contribution in [0.1, 0.15) is 15.9 Å². The second-order valence-electron chi connectivity index (χ2n) is 4.04. The van der Waals surface area contributed by atoms with Crippen molar-refractivity contribution in [1.29, 1.82) is 0 Å². The summed E-state index contributed by atoms with van der Waals surface area (Å²) >= 11 is 0. The van der Waals surface area contributed by atoms with E-state index in [1.165, 1.54) is 18.2 Å². The zero-order valence-corrected chi connectivity index (χ0v) is 9.91. The molecule has 0 saturated carbocycles. The number of benzene rings is 2. The van der Waals surface area contributed by atoms with Crippen molar-refractivity contribution in [3.05, 3.63) is 59.4 Å². The minimum absolute atomic E-state index is 0.0451. The summed E-state index contributed by atoms with van der Waals surface area (Å²) in [5.74, 6) is -2.35. The smallest absolute Gasteiger partial charge is 0.417 e. The van der Waals surface area contributed by atoms with Gasteiger partial charge < -0.3 is 5.11 Å². The molecule has 104 valence electrons. The highest BCUT2D eigenvalue weighted by Gasteiger charge is 2.35. The maximum absolute atomic E-state index is 13.6. The molecule has 0 atom stereocenters. The second kappa shape index (κ2) is 4.96. The summed E-state index contributed by atoms with van der Waals surface area (Å²) in [6.45, 7) is 0. The Morgan fingerprint density at radius 2 is 1.70 bits per heavy atom. The van der Waals surface area contributed by atoms with Gasteiger partial charge in [-0.3, -0.25) is 0 Å². The first-order valence-electron chi connectivity index (χ1n) is 5.50. The number of halogens is 4. The molecule has 0 heterocycles. The molecule has 0 amide bonds. The molecule has 2 aromatic rings. The first kappa shape index (κ1) is 14.0. The molecule has 0 fully saturated rings. The Bertz CT molecular complexity index is 662. The van der Waals surface area contributed by atoms with E-state index in [9.17, 15) is 22.4 Å². The van der Waals surface area contributed by atoms with Gasteiger partial charge in [-0.05, 0) is 23.8 Å². The minimum Gasteiger partial charge on any atom is -0.478 e. The molecule has 2 nitrogen and oxygen atoms in total. The van der Waals surface area contributed by atoms with Crippen LogP contribution in [0.25, 0.3) is 11.1 Å². The predicted octanol–water partition coefficient (Wildman–Crippen LogP) is 4.21. The lowest BCUT2D eigenvalue weighted by atomic mass is 9.98. The van der Waals surface area contributed by atoms with Crippen LogP contribution in [-0.2, 0) is 6.18 Å². The van der Waals surface area contributed by atoms with Crippen LogP contribution in [0.15, 0.2) is 42.5 Å². The number of carboxylic acid groups (broad SMARTS) is 1. The zero-order valence-electron chi connectivity index (χ0n) is 9.91. The van der Waals surface area contributed by atoms with E-state index in [1.807, 2.05) is 0 Å². The van der Waals surface area contributed by atoms with E-state index in [2.05, 4.69) is 0 Å². The lowest BCUT2D eigenvalue weighted by molar-refractivity contribution is -0.138. The minimum atomic E-state index is -4.78. The van der Waals surface area contributed by atoms with Crippen molar-refractivity contribution in [2.24, 2.45) is 0 Å². The number of carbonyl (C=O) groups is 1. The molecule has 0 aliphatic rings. The van der Waals surface area contributed by atoms with Gasteiger partial charge in [0, 0.05) is 5.56 Å². The molecule has 0 aromatic heterocycles. The number of hydrogen-bond acceptors (Lipinski definition) is 1. The van der Waals surface area contributed by atoms with Crippen molar-refractivity contribution >= 4 is 5.97 Å². The molecule has 2 aromatic carbocycles. The summed E-state index contributed by atoms with van der Waals surface area (Å²) in [6, 6.07) is 7.97. The van der Waals surface area contributed by atoms with Crippen LogP contribution in [0.3, 0.4) is 0 Å². The molecule has 6 heteroatoms. The molecule has 0 aliphatic carbocycles. The molecule has 0 saturated heterocycles. The SMILES string of the molecule is O=C(O)c1cc(-c2ccccc2F)ccc1C(F)(F)F. The van der Waals surface area contributed by atoms with Crippen LogP contribution in [0.5, 0.6) is 0 Å². The van der Waals surface area contributed by atoms with Crippen molar-refractivity contribution in [1.82, 2.24) is 0 Å². The van der Waals surface area contributed by atoms with E-state index in [1.54, 1.807) is 0 Å². The number of carboxylic acids is 1. The highest BCUT2D eigenvalue weighted by molar-refractivity contribution is 5.91. The average molecular weight is 284 g/mol. The van der Waals surface area contributed by atoms with Crippen LogP contribution in [-0.4, -0.2) is 11.1 Å². The van der Waals surface area contributed by atoms with Crippen LogP contribution >= 0.6 is 0 Å². The molecule has 2 rings (SSSR count). The van der Waals surface area contributed by atoms with Crippen LogP contribution in [0.2, 0.25) is 0 Å². The Labute approximate surface area is 111 Å². The molecule has 0 bridgehead atoms. The summed E-state index contributed by atoms with van der Waals surface area (Å²) in [5, 5.41) is 8.88. The topological polar surface area (TPSA) is 37.3 Å². The molecule has 20 heavy (non-hydrogen) atoms. The Morgan fingerprint density at radius 3 is 2.25 bits per heavy atom. The lowest BCUT2D eigenvalue weighted by Gasteiger charge is -2.12. The van der Waals surface area contributed by atoms with Crippen LogP contribution in [0, 0.1) is 5.82 Å². The fourth-order valence-corrected chi connectivity index (χ4v) is 1.83. The quantitative estimate of drug-likeness (QED) is 0.839. The highest BCUT2D eigenvalue weighted by atomic mass is 19.4. The summed E-state index contributed by atoms with van der Waals surface area (Å²) in [6.07, 6.45) is -4.78. The Balaban J connectivity index is 2.63. The van der Waals surface area contributed by atoms with Gasteiger partial charge in [0.15, 0.2) is 0 Å². The van der Waals surface area contributed by atoms with Crippen molar-refractivity contribution in [3.63, 3.8) is 0 Å². The molecule has 0 aliphatic heterocycles. The van der Waals surface area contributed by atoms with Gasteiger partial charge in [-0.15, -0.1) is 0 Å². The van der Waals surface area contributed by atoms with Crippen LogP contribution in [0.4, 0.5) is 17.6 Å². The highest BCUT2D eigenvalue weighted by Crippen LogP contribution is 2.34. The standard InChI is InChI=1S/C14H8F4O2/c15-12-4-2-1-3-9(12)8-5-6-11(14(16,17)18)10(7-8)13(19)20/h1-7H,(H,19,20). The summed E-state index contributed by atoms with van der Waals surface area (Å²) in [7, 11) is 0. The van der Waals surface area contributed by atoms with Crippen LogP contribution < -0.4 is 0 Å². The van der Waals surface area contributed by atoms with E-state index in [-0.39, 0.29) is 11.1 Å². The van der Waals surface area contributed by atoms with Gasteiger partial charge in [0.05, 0.1) is 11.1 Å². The molecule has 1 N–H and O–H groups in total. The van der Waals surface area contributed by atoms with Crippen molar-refractivity contribution in [3.8, 4) is 11.1 Å². The lowest BCUT2D eigenvalue weighted by Crippen LogP contribution is -2.12.